The van der Waals surface area contributed by atoms with Crippen molar-refractivity contribution in [3.05, 3.63) is 33.8 Å². The minimum Gasteiger partial charge on any atom is -0.387 e. The zero-order valence-corrected chi connectivity index (χ0v) is 9.38. The minimum absolute atomic E-state index is 0.236. The van der Waals surface area contributed by atoms with E-state index in [1.165, 1.54) is 0 Å². The van der Waals surface area contributed by atoms with Gasteiger partial charge in [-0.2, -0.15) is 0 Å². The lowest BCUT2D eigenvalue weighted by Crippen LogP contribution is -2.24. The summed E-state index contributed by atoms with van der Waals surface area (Å²) < 4.78 is 1.02. The highest BCUT2D eigenvalue weighted by Gasteiger charge is 2.14. The molecular weight excluding hydrogens is 230 g/mol. The fourth-order valence-electron chi connectivity index (χ4n) is 1.25. The van der Waals surface area contributed by atoms with Gasteiger partial charge in [0.05, 0.1) is 6.10 Å². The fraction of sp³-hybridized carbons (Fsp3) is 0.400. The molecule has 0 aliphatic heterocycles. The molecule has 0 aliphatic carbocycles. The van der Waals surface area contributed by atoms with Gasteiger partial charge in [-0.05, 0) is 37.1 Å². The smallest absolute Gasteiger partial charge is 0.0940 e. The SMILES string of the molecule is Cc1cc(Br)ccc1C(O)C(C)N. The van der Waals surface area contributed by atoms with Crippen molar-refractivity contribution < 1.29 is 5.11 Å². The first-order chi connectivity index (χ1) is 6.02. The summed E-state index contributed by atoms with van der Waals surface area (Å²) in [5.74, 6) is 0. The lowest BCUT2D eigenvalue weighted by Gasteiger charge is -2.17. The Morgan fingerprint density at radius 3 is 2.54 bits per heavy atom. The van der Waals surface area contributed by atoms with Gasteiger partial charge in [0, 0.05) is 10.5 Å². The summed E-state index contributed by atoms with van der Waals surface area (Å²) in [7, 11) is 0. The van der Waals surface area contributed by atoms with E-state index >= 15 is 0 Å². The molecule has 0 spiro atoms. The lowest BCUT2D eigenvalue weighted by molar-refractivity contribution is 0.152. The van der Waals surface area contributed by atoms with E-state index < -0.39 is 6.10 Å². The molecule has 2 atom stereocenters. The maximum Gasteiger partial charge on any atom is 0.0940 e. The van der Waals surface area contributed by atoms with Crippen LogP contribution in [-0.4, -0.2) is 11.1 Å². The largest absolute Gasteiger partial charge is 0.387 e. The number of aliphatic hydroxyl groups is 1. The van der Waals surface area contributed by atoms with E-state index in [1.807, 2.05) is 25.1 Å². The summed E-state index contributed by atoms with van der Waals surface area (Å²) in [5.41, 5.74) is 7.57. The fourth-order valence-corrected chi connectivity index (χ4v) is 1.73. The average Bonchev–Trinajstić information content (AvgIpc) is 2.03. The van der Waals surface area contributed by atoms with Crippen molar-refractivity contribution in [3.63, 3.8) is 0 Å². The van der Waals surface area contributed by atoms with Crippen molar-refractivity contribution in [2.75, 3.05) is 0 Å². The molecule has 0 aliphatic rings. The van der Waals surface area contributed by atoms with Crippen LogP contribution in [0.2, 0.25) is 0 Å². The molecule has 13 heavy (non-hydrogen) atoms. The van der Waals surface area contributed by atoms with Gasteiger partial charge in [0.15, 0.2) is 0 Å². The van der Waals surface area contributed by atoms with Crippen LogP contribution >= 0.6 is 15.9 Å². The summed E-state index contributed by atoms with van der Waals surface area (Å²) in [5, 5.41) is 9.73. The maximum absolute atomic E-state index is 9.73. The molecule has 3 heteroatoms. The van der Waals surface area contributed by atoms with Crippen LogP contribution in [0.15, 0.2) is 22.7 Å². The molecule has 0 saturated carbocycles. The highest BCUT2D eigenvalue weighted by molar-refractivity contribution is 9.10. The molecule has 0 fully saturated rings. The van der Waals surface area contributed by atoms with Crippen molar-refractivity contribution in [2.45, 2.75) is 26.0 Å². The third-order valence-electron chi connectivity index (χ3n) is 2.05. The molecule has 1 rings (SSSR count). The van der Waals surface area contributed by atoms with Gasteiger partial charge in [0.2, 0.25) is 0 Å². The third-order valence-corrected chi connectivity index (χ3v) is 2.54. The van der Waals surface area contributed by atoms with E-state index in [4.69, 9.17) is 5.73 Å². The predicted molar refractivity (Wildman–Crippen MR) is 57.5 cm³/mol. The number of rotatable bonds is 2. The predicted octanol–water partition coefficient (Wildman–Crippen LogP) is 2.14. The second-order valence-electron chi connectivity index (χ2n) is 3.30. The van der Waals surface area contributed by atoms with E-state index in [1.54, 1.807) is 6.92 Å². The quantitative estimate of drug-likeness (QED) is 0.837. The van der Waals surface area contributed by atoms with Crippen LogP contribution in [0.25, 0.3) is 0 Å². The summed E-state index contributed by atoms with van der Waals surface area (Å²) in [6.07, 6.45) is -0.576. The maximum atomic E-state index is 9.73. The number of halogens is 1. The second-order valence-corrected chi connectivity index (χ2v) is 4.22. The van der Waals surface area contributed by atoms with E-state index in [9.17, 15) is 5.11 Å². The highest BCUT2D eigenvalue weighted by atomic mass is 79.9. The summed E-state index contributed by atoms with van der Waals surface area (Å²) in [4.78, 5) is 0. The Kier molecular flexibility index (Phi) is 3.47. The van der Waals surface area contributed by atoms with Gasteiger partial charge in [0.25, 0.3) is 0 Å². The first-order valence-corrected chi connectivity index (χ1v) is 5.01. The van der Waals surface area contributed by atoms with E-state index in [2.05, 4.69) is 15.9 Å². The van der Waals surface area contributed by atoms with Gasteiger partial charge in [-0.1, -0.05) is 22.0 Å². The Labute approximate surface area is 86.9 Å². The Morgan fingerprint density at radius 1 is 1.46 bits per heavy atom. The highest BCUT2D eigenvalue weighted by Crippen LogP contribution is 2.22. The first-order valence-electron chi connectivity index (χ1n) is 4.22. The van der Waals surface area contributed by atoms with Gasteiger partial charge in [-0.15, -0.1) is 0 Å². The van der Waals surface area contributed by atoms with Crippen molar-refractivity contribution in [2.24, 2.45) is 5.73 Å². The van der Waals surface area contributed by atoms with Crippen molar-refractivity contribution in [1.82, 2.24) is 0 Å². The number of hydrogen-bond donors (Lipinski definition) is 2. The van der Waals surface area contributed by atoms with Crippen molar-refractivity contribution in [1.29, 1.82) is 0 Å². The summed E-state index contributed by atoms with van der Waals surface area (Å²) in [6.45, 7) is 3.76. The van der Waals surface area contributed by atoms with Crippen LogP contribution in [0.3, 0.4) is 0 Å². The molecule has 0 bridgehead atoms. The third kappa shape index (κ3) is 2.53. The molecular formula is C10H14BrNO. The van der Waals surface area contributed by atoms with Gasteiger partial charge in [-0.3, -0.25) is 0 Å². The number of aryl methyl sites for hydroxylation is 1. The van der Waals surface area contributed by atoms with E-state index in [0.717, 1.165) is 15.6 Å². The standard InChI is InChI=1S/C10H14BrNO/c1-6-5-8(11)3-4-9(6)10(13)7(2)12/h3-5,7,10,13H,12H2,1-2H3. The molecule has 1 aromatic carbocycles. The Morgan fingerprint density at radius 2 is 2.08 bits per heavy atom. The topological polar surface area (TPSA) is 46.2 Å². The Bertz CT molecular complexity index is 299. The molecule has 72 valence electrons. The number of nitrogens with two attached hydrogens (primary N) is 1. The monoisotopic (exact) mass is 243 g/mol. The molecule has 0 amide bonds. The second kappa shape index (κ2) is 4.22. The van der Waals surface area contributed by atoms with Gasteiger partial charge >= 0.3 is 0 Å². The summed E-state index contributed by atoms with van der Waals surface area (Å²) >= 11 is 3.37. The Hall–Kier alpha value is -0.380. The molecule has 1 aromatic rings. The number of benzene rings is 1. The number of hydrogen-bond acceptors (Lipinski definition) is 2. The molecule has 0 aromatic heterocycles. The van der Waals surface area contributed by atoms with Crippen LogP contribution in [-0.2, 0) is 0 Å². The van der Waals surface area contributed by atoms with Crippen LogP contribution < -0.4 is 5.73 Å². The van der Waals surface area contributed by atoms with Gasteiger partial charge in [-0.25, -0.2) is 0 Å². The normalized spacial score (nSPS) is 15.5. The van der Waals surface area contributed by atoms with Crippen molar-refractivity contribution >= 4 is 15.9 Å². The zero-order valence-electron chi connectivity index (χ0n) is 7.79. The molecule has 0 radical (unpaired) electrons. The van der Waals surface area contributed by atoms with Crippen LogP contribution in [0.4, 0.5) is 0 Å². The molecule has 3 N–H and O–H groups in total. The summed E-state index contributed by atoms with van der Waals surface area (Å²) in [6, 6.07) is 5.54. The average molecular weight is 244 g/mol. The zero-order chi connectivity index (χ0) is 10.0. The van der Waals surface area contributed by atoms with E-state index in [0.29, 0.717) is 0 Å². The van der Waals surface area contributed by atoms with E-state index in [-0.39, 0.29) is 6.04 Å². The molecule has 0 saturated heterocycles. The molecule has 0 heterocycles. The van der Waals surface area contributed by atoms with Crippen LogP contribution in [0.1, 0.15) is 24.2 Å². The Balaban J connectivity index is 3.01. The van der Waals surface area contributed by atoms with Gasteiger partial charge in [0.1, 0.15) is 0 Å². The lowest BCUT2D eigenvalue weighted by atomic mass is 9.99. The minimum atomic E-state index is -0.576. The first kappa shape index (κ1) is 10.7. The van der Waals surface area contributed by atoms with Crippen LogP contribution in [0, 0.1) is 6.92 Å². The molecule has 2 nitrogen and oxygen atoms in total. The molecule has 2 unspecified atom stereocenters. The van der Waals surface area contributed by atoms with Gasteiger partial charge < -0.3 is 10.8 Å². The van der Waals surface area contributed by atoms with Crippen LogP contribution in [0.5, 0.6) is 0 Å². The van der Waals surface area contributed by atoms with Crippen molar-refractivity contribution in [3.8, 4) is 0 Å². The number of aliphatic hydroxyl groups excluding tert-OH is 1.